The molecule has 0 spiro atoms. The maximum atomic E-state index is 14.3. The number of anilines is 2. The number of sulfone groups is 2. The third kappa shape index (κ3) is 26.8. The van der Waals surface area contributed by atoms with Gasteiger partial charge in [-0.1, -0.05) is 48.5 Å². The van der Waals surface area contributed by atoms with Crippen LogP contribution in [0.2, 0.25) is 0 Å². The van der Waals surface area contributed by atoms with Gasteiger partial charge in [0, 0.05) is 141 Å². The average Bonchev–Trinajstić information content (AvgIpc) is 1.62. The van der Waals surface area contributed by atoms with Crippen molar-refractivity contribution in [3.63, 3.8) is 0 Å². The third-order valence-corrected chi connectivity index (χ3v) is 27.0. The van der Waals surface area contributed by atoms with Crippen molar-refractivity contribution < 1.29 is 90.9 Å². The van der Waals surface area contributed by atoms with Gasteiger partial charge in [-0.25, -0.2) is 188 Å². The van der Waals surface area contributed by atoms with Gasteiger partial charge in [0.15, 0.2) is 28.2 Å². The molecule has 0 bridgehead atoms. The number of benzene rings is 3. The van der Waals surface area contributed by atoms with Crippen molar-refractivity contribution in [2.24, 2.45) is 20.6 Å². The van der Waals surface area contributed by atoms with Gasteiger partial charge in [-0.15, -0.1) is 0 Å². The van der Waals surface area contributed by atoms with Crippen molar-refractivity contribution in [3.05, 3.63) is 266 Å². The Morgan fingerprint density at radius 1 is 0.340 bits per heavy atom. The van der Waals surface area contributed by atoms with Gasteiger partial charge in [0.2, 0.25) is 0 Å². The van der Waals surface area contributed by atoms with Gasteiger partial charge in [0.25, 0.3) is 44.0 Å². The van der Waals surface area contributed by atoms with E-state index in [2.05, 4.69) is 109 Å². The molecule has 0 amide bonds. The van der Waals surface area contributed by atoms with E-state index >= 15 is 0 Å². The van der Waals surface area contributed by atoms with Crippen LogP contribution < -0.4 is 9.80 Å². The Hall–Kier alpha value is -15.5. The molecule has 0 aliphatic carbocycles. The molecule has 15 aromatic heterocycles. The van der Waals surface area contributed by atoms with Crippen molar-refractivity contribution in [2.75, 3.05) is 91.3 Å². The van der Waals surface area contributed by atoms with Crippen LogP contribution in [0.15, 0.2) is 235 Å². The minimum absolute atomic E-state index is 0.0232. The highest BCUT2D eigenvalue weighted by atomic mass is 32.2. The highest BCUT2D eigenvalue weighted by molar-refractivity contribution is 7.92. The van der Waals surface area contributed by atoms with Gasteiger partial charge in [-0.2, -0.15) is 29.9 Å². The van der Waals surface area contributed by atoms with Crippen LogP contribution in [0.25, 0.3) is 119 Å². The Labute approximate surface area is 845 Å². The number of halogens is 14. The molecule has 3 unspecified atom stereocenters. The quantitative estimate of drug-likeness (QED) is 0.0549. The lowest BCUT2D eigenvalue weighted by Crippen LogP contribution is -2.50. The number of hydrogen-bond acceptors (Lipinski definition) is 32. The van der Waals surface area contributed by atoms with Crippen LogP contribution in [0, 0.1) is 16.6 Å². The molecular weight excluding hydrogens is 2090 g/mol. The van der Waals surface area contributed by atoms with Crippen molar-refractivity contribution in [2.45, 2.75) is 69.1 Å². The first-order chi connectivity index (χ1) is 71.0. The largest absolute Gasteiger partial charge is 0.356 e. The maximum Gasteiger partial charge on any atom is 0.282 e. The fraction of sp³-hybridized carbons (Fsp3) is 0.277. The molecule has 0 radical (unpaired) electrons. The van der Waals surface area contributed by atoms with Crippen LogP contribution in [-0.2, 0) is 61.2 Å². The van der Waals surface area contributed by atoms with Gasteiger partial charge in [-0.3, -0.25) is 8.99 Å². The first-order valence-electron chi connectivity index (χ1n) is 44.6. The number of aromatic nitrogens is 25. The molecule has 18 aromatic rings. The average molecular weight is 2170 g/mol. The molecule has 2 fully saturated rings. The first kappa shape index (κ1) is 107. The maximum absolute atomic E-state index is 14.3. The second kappa shape index (κ2) is 44.1. The summed E-state index contributed by atoms with van der Waals surface area (Å²) in [4.78, 5) is 66.2. The summed E-state index contributed by atoms with van der Waals surface area (Å²) in [6.45, 7) is -0.102. The monoisotopic (exact) mass is 2170 g/mol. The molecule has 1 N–H and O–H groups in total. The van der Waals surface area contributed by atoms with E-state index in [0.717, 1.165) is 40.3 Å². The topological polar surface area (TPSA) is 454 Å². The van der Waals surface area contributed by atoms with Crippen molar-refractivity contribution in [1.29, 1.82) is 4.78 Å². The van der Waals surface area contributed by atoms with Crippen molar-refractivity contribution in [1.82, 2.24) is 123 Å². The van der Waals surface area contributed by atoms with E-state index in [1.54, 1.807) is 71.2 Å². The minimum Gasteiger partial charge on any atom is -0.356 e. The minimum atomic E-state index is -3.60. The standard InChI is InChI=1S/C20H18F2N6OS.2C19H16F2N6OS.2C18H18F4N6O2S/c1-30(2,29)26-10-13-4-3-5-14(8-13)16-9-17(25-12-24-16)18-11-23-19-7-6-15(20(21)22)27-28(18)19;1-29(2,28)26-13-5-3-4-12(8-13)15-9-16(24-11-23-15)17-10-22-18-7-6-14(19(20)21)25-27(17)18;1-29(22,28)10-12-3-2-4-13(7-12)15-8-16(25-11-24-15)17-9-23-18-6-5-14(19(20)21)26-27(17)18;2*1-31(29,30)9-11-8-27(5-4-18(11,21)22)16-6-13(24-10-25-16)14-7-23-15-3-2-12(17(19)20)26-28(14)15/h3-9,11-12,20H,10H2,1-2H3;3-11,19H,1-2H3;2-9,11,19,22H,10H2,1H3;2*2-3,6-7,10-11,17H,4-5,8-9H2,1H3. The second-order valence-electron chi connectivity index (χ2n) is 35.1. The highest BCUT2D eigenvalue weighted by Crippen LogP contribution is 2.41. The highest BCUT2D eigenvalue weighted by Gasteiger charge is 2.47. The summed E-state index contributed by atoms with van der Waals surface area (Å²) in [5, 5.41) is 19.7. The van der Waals surface area contributed by atoms with E-state index in [0.29, 0.717) is 126 Å². The number of nitrogens with one attached hydrogen (secondary N) is 1. The Morgan fingerprint density at radius 3 is 0.927 bits per heavy atom. The number of nitrogens with zero attached hydrogens (tertiary/aromatic N) is 29. The summed E-state index contributed by atoms with van der Waals surface area (Å²) >= 11 is 0. The van der Waals surface area contributed by atoms with E-state index in [-0.39, 0.29) is 49.0 Å². The van der Waals surface area contributed by atoms with Crippen LogP contribution in [0.5, 0.6) is 0 Å². The summed E-state index contributed by atoms with van der Waals surface area (Å²) in [5.74, 6) is -9.45. The fourth-order valence-electron chi connectivity index (χ4n) is 15.8. The molecule has 56 heteroatoms. The zero-order valence-corrected chi connectivity index (χ0v) is 83.7. The SMILES string of the molecule is CS(=N)(=O)Cc1cccc(-c2cc(-c3cnc4ccc(C(F)F)nn34)ncn2)c1.CS(=O)(=O)CC1CN(c2cc(-c3cnc4ccc(C(F)F)nn34)ncn2)CCC1(F)F.CS(=O)(=O)CC1CN(c2cc(-c3cnc4ccc(C(F)F)nn34)ncn2)CCC1(F)F.CS(C)(=O)=NCc1cccc(-c2cc(-c3cnc4ccc(C(F)F)nn34)ncn2)c1.CS(C)(=O)=Nc1cccc(-c2cc(-c3cnc4ccc(C(F)F)nn34)ncn2)c1. The summed E-state index contributed by atoms with van der Waals surface area (Å²) in [7, 11) is -14.4. The van der Waals surface area contributed by atoms with Crippen LogP contribution in [0.4, 0.5) is 78.8 Å². The Kier molecular flexibility index (Phi) is 31.6. The van der Waals surface area contributed by atoms with Crippen molar-refractivity contribution in [3.8, 4) is 90.7 Å². The lowest BCUT2D eigenvalue weighted by molar-refractivity contribution is -0.0643. The van der Waals surface area contributed by atoms with Gasteiger partial charge in [-0.05, 0) is 114 Å². The van der Waals surface area contributed by atoms with Gasteiger partial charge >= 0.3 is 0 Å². The molecule has 150 heavy (non-hydrogen) atoms. The Morgan fingerprint density at radius 2 is 0.627 bits per heavy atom. The second-order valence-corrected chi connectivity index (χ2v) is 46.9. The fourth-order valence-corrected chi connectivity index (χ4v) is 19.9. The predicted octanol–water partition coefficient (Wildman–Crippen LogP) is 17.4. The number of hydrogen-bond donors (Lipinski definition) is 1. The summed E-state index contributed by atoms with van der Waals surface area (Å²) in [5.41, 5.74) is 10.7. The van der Waals surface area contributed by atoms with Crippen LogP contribution in [0.3, 0.4) is 0 Å². The zero-order valence-electron chi connectivity index (χ0n) is 79.6. The summed E-state index contributed by atoms with van der Waals surface area (Å²) < 4.78 is 292. The molecule has 3 aromatic carbocycles. The molecule has 782 valence electrons. The number of rotatable bonds is 24. The molecule has 2 aliphatic heterocycles. The molecule has 2 saturated heterocycles. The van der Waals surface area contributed by atoms with E-state index in [1.807, 2.05) is 54.6 Å². The Balaban J connectivity index is 0.000000133. The third-order valence-electron chi connectivity index (χ3n) is 22.7. The summed E-state index contributed by atoms with van der Waals surface area (Å²) in [6.07, 6.45) is 8.99. The lowest BCUT2D eigenvalue weighted by atomic mass is 9.95. The van der Waals surface area contributed by atoms with Gasteiger partial charge < -0.3 is 9.80 Å². The molecule has 0 saturated carbocycles. The number of piperidine rings is 2. The lowest BCUT2D eigenvalue weighted by Gasteiger charge is -2.38. The smallest absolute Gasteiger partial charge is 0.282 e. The van der Waals surface area contributed by atoms with E-state index in [9.17, 15) is 90.9 Å². The molecule has 3 atom stereocenters. The number of imidazole rings is 5. The molecule has 20 rings (SSSR count). The van der Waals surface area contributed by atoms with Gasteiger partial charge in [0.1, 0.15) is 120 Å². The van der Waals surface area contributed by atoms with E-state index < -0.39 is 140 Å². The van der Waals surface area contributed by atoms with Crippen molar-refractivity contribution >= 4 is 94.4 Å². The first-order valence-corrected chi connectivity index (χ1v) is 55.6. The number of alkyl halides is 14. The molecule has 17 heterocycles. The molecular formula is C94H86F14N30O7S5. The number of fused-ring (bicyclic) bond motifs is 5. The zero-order chi connectivity index (χ0) is 107. The normalized spacial score (nSPS) is 15.3. The Bertz CT molecular complexity index is 8510. The van der Waals surface area contributed by atoms with E-state index in [1.165, 1.54) is 164 Å². The molecule has 2 aliphatic rings. The predicted molar refractivity (Wildman–Crippen MR) is 530 cm³/mol. The van der Waals surface area contributed by atoms with Crippen LogP contribution in [-0.4, -0.2) is 246 Å². The van der Waals surface area contributed by atoms with Crippen LogP contribution >= 0.6 is 0 Å². The van der Waals surface area contributed by atoms with E-state index in [4.69, 9.17) is 4.78 Å². The summed E-state index contributed by atoms with van der Waals surface area (Å²) in [6, 6.07) is 43.6. The molecule has 37 nitrogen and oxygen atoms in total. The van der Waals surface area contributed by atoms with Crippen LogP contribution in [0.1, 0.15) is 84.6 Å². The van der Waals surface area contributed by atoms with Gasteiger partial charge in [0.05, 0.1) is 118 Å².